The molecule has 0 amide bonds. The number of non-ortho nitro benzene ring substituents is 1. The highest BCUT2D eigenvalue weighted by Gasteiger charge is 2.31. The number of benzene rings is 1. The summed E-state index contributed by atoms with van der Waals surface area (Å²) in [4.78, 5) is 30.3. The third-order valence-electron chi connectivity index (χ3n) is 2.88. The van der Waals surface area contributed by atoms with E-state index in [0.717, 1.165) is 12.8 Å². The van der Waals surface area contributed by atoms with E-state index in [9.17, 15) is 30.3 Å². The van der Waals surface area contributed by atoms with Crippen molar-refractivity contribution >= 4 is 32.0 Å². The Morgan fingerprint density at radius 3 is 1.95 bits per heavy atom. The zero-order valence-electron chi connectivity index (χ0n) is 11.7. The van der Waals surface area contributed by atoms with Gasteiger partial charge in [-0.25, -0.2) is 0 Å². The Morgan fingerprint density at radius 2 is 1.59 bits per heavy atom. The fourth-order valence-electron chi connectivity index (χ4n) is 1.82. The molecule has 0 fully saturated rings. The molecule has 10 nitrogen and oxygen atoms in total. The van der Waals surface area contributed by atoms with E-state index >= 15 is 0 Å². The molecule has 11 heteroatoms. The molecule has 0 heterocycles. The first-order chi connectivity index (χ1) is 10.3. The van der Waals surface area contributed by atoms with Crippen LogP contribution in [0.25, 0.3) is 0 Å². The average Bonchev–Trinajstić information content (AvgIpc) is 2.44. The summed E-state index contributed by atoms with van der Waals surface area (Å²) in [6, 6.07) is 1.43. The largest absolute Gasteiger partial charge is 0.368 e. The molecule has 0 aliphatic heterocycles. The zero-order chi connectivity index (χ0) is 16.9. The Labute approximate surface area is 127 Å². The highest BCUT2D eigenvalue weighted by atomic mass is 31.0. The summed E-state index contributed by atoms with van der Waals surface area (Å²) in [5.74, 6) is -0.321. The number of unbranched alkanes of at least 4 members (excludes halogenated alkanes) is 1. The van der Waals surface area contributed by atoms with Crippen LogP contribution in [0.1, 0.15) is 26.2 Å². The van der Waals surface area contributed by atoms with E-state index in [1.54, 1.807) is 0 Å². The van der Waals surface area contributed by atoms with Crippen LogP contribution in [0.3, 0.4) is 0 Å². The summed E-state index contributed by atoms with van der Waals surface area (Å²) in [6.07, 6.45) is 2.36. The predicted molar refractivity (Wildman–Crippen MR) is 83.1 cm³/mol. The maximum absolute atomic E-state index is 11.1. The van der Waals surface area contributed by atoms with Crippen LogP contribution in [0.2, 0.25) is 0 Å². The minimum absolute atomic E-state index is 0.321. The fraction of sp³-hybridized carbons (Fsp3) is 0.455. The van der Waals surface area contributed by atoms with Crippen molar-refractivity contribution in [3.63, 3.8) is 0 Å². The third kappa shape index (κ3) is 4.32. The smallest absolute Gasteiger partial charge is 0.306 e. The first kappa shape index (κ1) is 17.7. The lowest BCUT2D eigenvalue weighted by Gasteiger charge is -2.14. The van der Waals surface area contributed by atoms with Crippen molar-refractivity contribution < 1.29 is 14.8 Å². The topological polar surface area (TPSA) is 141 Å². The highest BCUT2D eigenvalue weighted by Crippen LogP contribution is 2.39. The SMILES string of the molecule is CCCCC(P)Nc1c([N+](=O)[O-])cc([N+](=O)[O-])cc1[N+](=O)[O-]. The first-order valence-electron chi connectivity index (χ1n) is 6.41. The second-order valence-corrected chi connectivity index (χ2v) is 5.33. The number of hydrogen-bond donors (Lipinski definition) is 1. The Hall–Kier alpha value is -2.35. The first-order valence-corrected chi connectivity index (χ1v) is 7.07. The molecule has 0 saturated carbocycles. The molecular weight excluding hydrogens is 315 g/mol. The quantitative estimate of drug-likeness (QED) is 0.438. The molecule has 0 aromatic heterocycles. The Bertz CT molecular complexity index is 573. The van der Waals surface area contributed by atoms with E-state index in [0.29, 0.717) is 18.6 Å². The lowest BCUT2D eigenvalue weighted by molar-refractivity contribution is -0.401. The molecule has 2 unspecified atom stereocenters. The molecule has 1 aromatic rings. The van der Waals surface area contributed by atoms with E-state index < -0.39 is 31.8 Å². The molecule has 1 N–H and O–H groups in total. The van der Waals surface area contributed by atoms with Gasteiger partial charge in [-0.1, -0.05) is 19.8 Å². The summed E-state index contributed by atoms with van der Waals surface area (Å²) in [6.45, 7) is 1.97. The molecule has 120 valence electrons. The number of nitrogens with zero attached hydrogens (tertiary/aromatic N) is 3. The van der Waals surface area contributed by atoms with Crippen molar-refractivity contribution in [2.75, 3.05) is 5.32 Å². The fourth-order valence-corrected chi connectivity index (χ4v) is 2.22. The van der Waals surface area contributed by atoms with Crippen LogP contribution in [0.15, 0.2) is 12.1 Å². The third-order valence-corrected chi connectivity index (χ3v) is 3.38. The van der Waals surface area contributed by atoms with Crippen LogP contribution in [0.4, 0.5) is 22.7 Å². The Balaban J connectivity index is 3.35. The van der Waals surface area contributed by atoms with Crippen molar-refractivity contribution in [2.24, 2.45) is 0 Å². The van der Waals surface area contributed by atoms with E-state index in [2.05, 4.69) is 14.6 Å². The van der Waals surface area contributed by atoms with Crippen LogP contribution in [-0.2, 0) is 0 Å². The van der Waals surface area contributed by atoms with Gasteiger partial charge in [0, 0.05) is 5.78 Å². The maximum atomic E-state index is 11.1. The van der Waals surface area contributed by atoms with Crippen molar-refractivity contribution in [2.45, 2.75) is 32.0 Å². The van der Waals surface area contributed by atoms with Crippen LogP contribution in [0.5, 0.6) is 0 Å². The summed E-state index contributed by atoms with van der Waals surface area (Å²) in [5.41, 5.74) is -2.40. The minimum atomic E-state index is -0.904. The van der Waals surface area contributed by atoms with Gasteiger partial charge in [-0.2, -0.15) is 0 Å². The average molecular weight is 330 g/mol. The number of nitro groups is 3. The van der Waals surface area contributed by atoms with Gasteiger partial charge in [-0.15, -0.1) is 9.24 Å². The molecule has 0 radical (unpaired) electrons. The summed E-state index contributed by atoms with van der Waals surface area (Å²) >= 11 is 0. The van der Waals surface area contributed by atoms with E-state index in [-0.39, 0.29) is 11.5 Å². The Kier molecular flexibility index (Phi) is 6.11. The standard InChI is InChI=1S/C11H15N4O6P/c1-2-3-4-10(22)12-11-8(14(18)19)5-7(13(16)17)6-9(11)15(20)21/h5-6,10,12H,2-4,22H2,1H3. The summed E-state index contributed by atoms with van der Waals surface area (Å²) < 4.78 is 0. The second-order valence-electron chi connectivity index (χ2n) is 4.52. The lowest BCUT2D eigenvalue weighted by Crippen LogP contribution is -2.14. The zero-order valence-corrected chi connectivity index (χ0v) is 12.9. The number of hydrogen-bond acceptors (Lipinski definition) is 7. The van der Waals surface area contributed by atoms with Gasteiger partial charge in [0.15, 0.2) is 5.69 Å². The van der Waals surface area contributed by atoms with Gasteiger partial charge in [-0.05, 0) is 6.42 Å². The van der Waals surface area contributed by atoms with E-state index in [1.165, 1.54) is 0 Å². The van der Waals surface area contributed by atoms with Crippen molar-refractivity contribution in [3.8, 4) is 0 Å². The Morgan fingerprint density at radius 1 is 1.09 bits per heavy atom. The van der Waals surface area contributed by atoms with E-state index in [4.69, 9.17) is 0 Å². The monoisotopic (exact) mass is 330 g/mol. The predicted octanol–water partition coefficient (Wildman–Crippen LogP) is 3.21. The van der Waals surface area contributed by atoms with E-state index in [1.807, 2.05) is 6.92 Å². The van der Waals surface area contributed by atoms with Crippen molar-refractivity contribution in [1.82, 2.24) is 0 Å². The van der Waals surface area contributed by atoms with Crippen molar-refractivity contribution in [1.29, 1.82) is 0 Å². The normalized spacial score (nSPS) is 11.7. The molecule has 0 bridgehead atoms. The van der Waals surface area contributed by atoms with Gasteiger partial charge in [0.2, 0.25) is 0 Å². The molecule has 1 rings (SSSR count). The second kappa shape index (κ2) is 7.60. The van der Waals surface area contributed by atoms with Gasteiger partial charge < -0.3 is 5.32 Å². The maximum Gasteiger partial charge on any atom is 0.306 e. The lowest BCUT2D eigenvalue weighted by atomic mass is 10.2. The molecule has 0 aliphatic rings. The molecule has 0 saturated heterocycles. The molecular formula is C11H15N4O6P. The van der Waals surface area contributed by atoms with Gasteiger partial charge in [0.1, 0.15) is 0 Å². The summed E-state index contributed by atoms with van der Waals surface area (Å²) in [5, 5.41) is 35.6. The number of anilines is 1. The van der Waals surface area contributed by atoms with Crippen LogP contribution >= 0.6 is 9.24 Å². The van der Waals surface area contributed by atoms with Gasteiger partial charge in [-0.3, -0.25) is 30.3 Å². The summed E-state index contributed by atoms with van der Waals surface area (Å²) in [7, 11) is 2.41. The highest BCUT2D eigenvalue weighted by molar-refractivity contribution is 7.17. The number of nitrogens with one attached hydrogen (secondary N) is 1. The van der Waals surface area contributed by atoms with Crippen molar-refractivity contribution in [3.05, 3.63) is 42.5 Å². The molecule has 22 heavy (non-hydrogen) atoms. The van der Waals surface area contributed by atoms with Gasteiger partial charge in [0.05, 0.1) is 26.9 Å². The molecule has 2 atom stereocenters. The minimum Gasteiger partial charge on any atom is -0.368 e. The molecule has 0 aliphatic carbocycles. The van der Waals surface area contributed by atoms with Crippen LogP contribution in [-0.4, -0.2) is 20.6 Å². The van der Waals surface area contributed by atoms with Gasteiger partial charge >= 0.3 is 11.4 Å². The van der Waals surface area contributed by atoms with Crippen LogP contribution in [0, 0.1) is 30.3 Å². The van der Waals surface area contributed by atoms with Crippen LogP contribution < -0.4 is 5.32 Å². The molecule has 1 aromatic carbocycles. The van der Waals surface area contributed by atoms with Gasteiger partial charge in [0.25, 0.3) is 5.69 Å². The number of nitro benzene ring substituents is 3. The molecule has 0 spiro atoms. The number of rotatable bonds is 8.